The standard InChI is InChI=1S/C10H15NO/c1-7-6-10(12)11-9-5-3-2-4-8(7)9/h6,8-9H,2-5H2,1H3,(H,11,12)/t8-,9-/m1/s1. The molecule has 0 saturated heterocycles. The lowest BCUT2D eigenvalue weighted by molar-refractivity contribution is -0.118. The molecule has 0 radical (unpaired) electrons. The molecule has 2 atom stereocenters. The van der Waals surface area contributed by atoms with Crippen molar-refractivity contribution in [3.8, 4) is 0 Å². The fourth-order valence-electron chi connectivity index (χ4n) is 2.39. The lowest BCUT2D eigenvalue weighted by Gasteiger charge is -2.35. The van der Waals surface area contributed by atoms with Crippen molar-refractivity contribution in [2.45, 2.75) is 38.6 Å². The van der Waals surface area contributed by atoms with Crippen LogP contribution in [0.5, 0.6) is 0 Å². The van der Waals surface area contributed by atoms with E-state index < -0.39 is 0 Å². The van der Waals surface area contributed by atoms with Crippen molar-refractivity contribution in [2.24, 2.45) is 5.92 Å². The van der Waals surface area contributed by atoms with Crippen LogP contribution in [0.1, 0.15) is 32.6 Å². The van der Waals surface area contributed by atoms with Gasteiger partial charge in [0.15, 0.2) is 0 Å². The maximum Gasteiger partial charge on any atom is 0.244 e. The van der Waals surface area contributed by atoms with Crippen LogP contribution in [0.3, 0.4) is 0 Å². The number of fused-ring (bicyclic) bond motifs is 1. The molecule has 1 aliphatic carbocycles. The normalized spacial score (nSPS) is 35.1. The number of rotatable bonds is 0. The minimum absolute atomic E-state index is 0.107. The molecule has 0 aromatic heterocycles. The van der Waals surface area contributed by atoms with Gasteiger partial charge in [-0.1, -0.05) is 18.4 Å². The van der Waals surface area contributed by atoms with Gasteiger partial charge in [-0.15, -0.1) is 0 Å². The number of nitrogens with one attached hydrogen (secondary N) is 1. The van der Waals surface area contributed by atoms with Crippen LogP contribution in [0, 0.1) is 5.92 Å². The lowest BCUT2D eigenvalue weighted by Crippen LogP contribution is -2.45. The fraction of sp³-hybridized carbons (Fsp3) is 0.700. The van der Waals surface area contributed by atoms with Crippen molar-refractivity contribution in [2.75, 3.05) is 0 Å². The lowest BCUT2D eigenvalue weighted by atomic mass is 9.78. The van der Waals surface area contributed by atoms with Crippen LogP contribution in [0.2, 0.25) is 0 Å². The molecule has 1 amide bonds. The number of amides is 1. The third-order valence-corrected chi connectivity index (χ3v) is 3.04. The first-order valence-electron chi connectivity index (χ1n) is 4.76. The Bertz CT molecular complexity index is 232. The van der Waals surface area contributed by atoms with Gasteiger partial charge in [-0.05, 0) is 19.8 Å². The SMILES string of the molecule is CC1=CC(=O)N[C@@H]2CCCC[C@H]12. The molecule has 66 valence electrons. The number of hydrogen-bond donors (Lipinski definition) is 1. The third-order valence-electron chi connectivity index (χ3n) is 3.04. The van der Waals surface area contributed by atoms with E-state index >= 15 is 0 Å². The first kappa shape index (κ1) is 7.84. The van der Waals surface area contributed by atoms with E-state index in [4.69, 9.17) is 0 Å². The molecule has 0 unspecified atom stereocenters. The van der Waals surface area contributed by atoms with Crippen LogP contribution in [-0.4, -0.2) is 11.9 Å². The number of carbonyl (C=O) groups is 1. The van der Waals surface area contributed by atoms with Gasteiger partial charge in [-0.2, -0.15) is 0 Å². The smallest absolute Gasteiger partial charge is 0.244 e. The van der Waals surface area contributed by atoms with E-state index in [2.05, 4.69) is 12.2 Å². The van der Waals surface area contributed by atoms with Gasteiger partial charge in [0.2, 0.25) is 5.91 Å². The van der Waals surface area contributed by atoms with E-state index in [1.165, 1.54) is 31.3 Å². The molecule has 2 heteroatoms. The molecule has 1 fully saturated rings. The van der Waals surface area contributed by atoms with Crippen LogP contribution in [0.4, 0.5) is 0 Å². The average Bonchev–Trinajstić information content (AvgIpc) is 2.04. The second-order valence-electron chi connectivity index (χ2n) is 3.89. The highest BCUT2D eigenvalue weighted by Crippen LogP contribution is 2.31. The van der Waals surface area contributed by atoms with Crippen LogP contribution in [0.25, 0.3) is 0 Å². The zero-order chi connectivity index (χ0) is 8.55. The zero-order valence-corrected chi connectivity index (χ0v) is 7.47. The second-order valence-corrected chi connectivity index (χ2v) is 3.89. The Hall–Kier alpha value is -0.790. The van der Waals surface area contributed by atoms with Crippen molar-refractivity contribution in [1.82, 2.24) is 5.32 Å². The minimum Gasteiger partial charge on any atom is -0.349 e. The Kier molecular flexibility index (Phi) is 1.91. The summed E-state index contributed by atoms with van der Waals surface area (Å²) < 4.78 is 0. The Labute approximate surface area is 73.0 Å². The van der Waals surface area contributed by atoms with Crippen LogP contribution < -0.4 is 5.32 Å². The van der Waals surface area contributed by atoms with Gasteiger partial charge in [0, 0.05) is 18.0 Å². The molecule has 0 aromatic carbocycles. The predicted molar refractivity (Wildman–Crippen MR) is 47.6 cm³/mol. The molecule has 12 heavy (non-hydrogen) atoms. The Morgan fingerprint density at radius 1 is 1.42 bits per heavy atom. The summed E-state index contributed by atoms with van der Waals surface area (Å²) in [6.45, 7) is 2.09. The van der Waals surface area contributed by atoms with Gasteiger partial charge in [-0.25, -0.2) is 0 Å². The number of hydrogen-bond acceptors (Lipinski definition) is 1. The van der Waals surface area contributed by atoms with E-state index in [1.807, 2.05) is 0 Å². The van der Waals surface area contributed by atoms with E-state index in [1.54, 1.807) is 6.08 Å². The van der Waals surface area contributed by atoms with Gasteiger partial charge in [0.05, 0.1) is 0 Å². The highest BCUT2D eigenvalue weighted by molar-refractivity contribution is 5.89. The van der Waals surface area contributed by atoms with Gasteiger partial charge in [-0.3, -0.25) is 4.79 Å². The molecular weight excluding hydrogens is 150 g/mol. The zero-order valence-electron chi connectivity index (χ0n) is 7.47. The minimum atomic E-state index is 0.107. The molecular formula is C10H15NO. The van der Waals surface area contributed by atoms with E-state index in [-0.39, 0.29) is 5.91 Å². The van der Waals surface area contributed by atoms with Gasteiger partial charge >= 0.3 is 0 Å². The summed E-state index contributed by atoms with van der Waals surface area (Å²) in [7, 11) is 0. The van der Waals surface area contributed by atoms with Crippen molar-refractivity contribution in [1.29, 1.82) is 0 Å². The molecule has 0 aromatic rings. The number of carbonyl (C=O) groups excluding carboxylic acids is 1. The molecule has 2 rings (SSSR count). The highest BCUT2D eigenvalue weighted by Gasteiger charge is 2.30. The van der Waals surface area contributed by atoms with Crippen molar-refractivity contribution in [3.05, 3.63) is 11.6 Å². The second kappa shape index (κ2) is 2.92. The van der Waals surface area contributed by atoms with Crippen molar-refractivity contribution in [3.63, 3.8) is 0 Å². The summed E-state index contributed by atoms with van der Waals surface area (Å²) in [6, 6.07) is 0.441. The molecule has 0 bridgehead atoms. The summed E-state index contributed by atoms with van der Waals surface area (Å²) in [6.07, 6.45) is 6.78. The largest absolute Gasteiger partial charge is 0.349 e. The summed E-state index contributed by atoms with van der Waals surface area (Å²) in [5.74, 6) is 0.743. The molecule has 1 saturated carbocycles. The monoisotopic (exact) mass is 165 g/mol. The average molecular weight is 165 g/mol. The van der Waals surface area contributed by atoms with Crippen LogP contribution in [-0.2, 0) is 4.79 Å². The molecule has 1 heterocycles. The summed E-state index contributed by atoms with van der Waals surface area (Å²) in [5.41, 5.74) is 1.28. The summed E-state index contributed by atoms with van der Waals surface area (Å²) >= 11 is 0. The van der Waals surface area contributed by atoms with Gasteiger partial charge in [0.1, 0.15) is 0 Å². The third kappa shape index (κ3) is 1.26. The van der Waals surface area contributed by atoms with Crippen molar-refractivity contribution < 1.29 is 4.79 Å². The van der Waals surface area contributed by atoms with Crippen molar-refractivity contribution >= 4 is 5.91 Å². The molecule has 1 N–H and O–H groups in total. The quantitative estimate of drug-likeness (QED) is 0.580. The van der Waals surface area contributed by atoms with E-state index in [9.17, 15) is 4.79 Å². The van der Waals surface area contributed by atoms with Gasteiger partial charge < -0.3 is 5.32 Å². The summed E-state index contributed by atoms with van der Waals surface area (Å²) in [4.78, 5) is 11.1. The highest BCUT2D eigenvalue weighted by atomic mass is 16.1. The van der Waals surface area contributed by atoms with Crippen LogP contribution >= 0.6 is 0 Å². The maximum absolute atomic E-state index is 11.1. The Morgan fingerprint density at radius 2 is 2.17 bits per heavy atom. The van der Waals surface area contributed by atoms with Gasteiger partial charge in [0.25, 0.3) is 0 Å². The first-order valence-corrected chi connectivity index (χ1v) is 4.76. The predicted octanol–water partition coefficient (Wildman–Crippen LogP) is 1.62. The molecule has 2 aliphatic rings. The summed E-state index contributed by atoms with van der Waals surface area (Å²) in [5, 5.41) is 3.03. The Morgan fingerprint density at radius 3 is 3.00 bits per heavy atom. The first-order chi connectivity index (χ1) is 5.77. The molecule has 0 spiro atoms. The molecule has 2 nitrogen and oxygen atoms in total. The fourth-order valence-corrected chi connectivity index (χ4v) is 2.39. The topological polar surface area (TPSA) is 29.1 Å². The maximum atomic E-state index is 11.1. The molecule has 1 aliphatic heterocycles. The van der Waals surface area contributed by atoms with Crippen LogP contribution in [0.15, 0.2) is 11.6 Å². The van der Waals surface area contributed by atoms with E-state index in [0.717, 1.165) is 0 Å². The van der Waals surface area contributed by atoms with E-state index in [0.29, 0.717) is 12.0 Å². The Balaban J connectivity index is 2.19.